The van der Waals surface area contributed by atoms with Gasteiger partial charge in [0.15, 0.2) is 0 Å². The first-order chi connectivity index (χ1) is 5.98. The van der Waals surface area contributed by atoms with E-state index < -0.39 is 5.60 Å². The van der Waals surface area contributed by atoms with Gasteiger partial charge in [-0.05, 0) is 33.7 Å². The largest absolute Gasteiger partial charge is 0.386 e. The Hall–Kier alpha value is -0.120. The molecule has 0 rings (SSSR count). The van der Waals surface area contributed by atoms with Gasteiger partial charge in [0, 0.05) is 6.54 Å². The molecule has 1 atom stereocenters. The topological polar surface area (TPSA) is 41.5 Å². The van der Waals surface area contributed by atoms with E-state index in [4.69, 9.17) is 4.74 Å². The summed E-state index contributed by atoms with van der Waals surface area (Å²) in [5, 5.41) is 13.0. The SMILES string of the molecule is CCCNCC(C)(O)COC(C)C. The Labute approximate surface area is 81.5 Å². The predicted molar refractivity (Wildman–Crippen MR) is 54.9 cm³/mol. The Balaban J connectivity index is 3.54. The van der Waals surface area contributed by atoms with Crippen molar-refractivity contribution in [3.8, 4) is 0 Å². The Morgan fingerprint density at radius 3 is 2.54 bits per heavy atom. The normalized spacial score (nSPS) is 16.2. The van der Waals surface area contributed by atoms with Gasteiger partial charge in [-0.25, -0.2) is 0 Å². The van der Waals surface area contributed by atoms with E-state index in [1.165, 1.54) is 0 Å². The summed E-state index contributed by atoms with van der Waals surface area (Å²) in [6.45, 7) is 9.75. The first-order valence-electron chi connectivity index (χ1n) is 5.02. The minimum Gasteiger partial charge on any atom is -0.386 e. The van der Waals surface area contributed by atoms with Crippen molar-refractivity contribution in [1.29, 1.82) is 0 Å². The second-order valence-electron chi connectivity index (χ2n) is 4.03. The molecule has 3 nitrogen and oxygen atoms in total. The van der Waals surface area contributed by atoms with Crippen LogP contribution in [0.1, 0.15) is 34.1 Å². The molecule has 0 saturated heterocycles. The molecule has 0 heterocycles. The highest BCUT2D eigenvalue weighted by atomic mass is 16.5. The molecule has 13 heavy (non-hydrogen) atoms. The molecule has 3 heteroatoms. The summed E-state index contributed by atoms with van der Waals surface area (Å²) in [4.78, 5) is 0. The molecule has 0 fully saturated rings. The average molecular weight is 189 g/mol. The van der Waals surface area contributed by atoms with Gasteiger partial charge in [0.05, 0.1) is 18.3 Å². The maximum atomic E-state index is 9.80. The Morgan fingerprint density at radius 2 is 2.08 bits per heavy atom. The van der Waals surface area contributed by atoms with Crippen molar-refractivity contribution in [3.63, 3.8) is 0 Å². The van der Waals surface area contributed by atoms with Crippen LogP contribution in [0, 0.1) is 0 Å². The van der Waals surface area contributed by atoms with Crippen LogP contribution in [0.15, 0.2) is 0 Å². The summed E-state index contributed by atoms with van der Waals surface area (Å²) in [6.07, 6.45) is 1.26. The van der Waals surface area contributed by atoms with Crippen LogP contribution in [0.25, 0.3) is 0 Å². The zero-order valence-corrected chi connectivity index (χ0v) is 9.26. The van der Waals surface area contributed by atoms with Gasteiger partial charge < -0.3 is 15.2 Å². The average Bonchev–Trinajstić information content (AvgIpc) is 2.02. The second kappa shape index (κ2) is 6.35. The highest BCUT2D eigenvalue weighted by molar-refractivity contribution is 4.74. The molecule has 2 N–H and O–H groups in total. The van der Waals surface area contributed by atoms with E-state index in [1.54, 1.807) is 6.92 Å². The number of rotatable bonds is 7. The van der Waals surface area contributed by atoms with Gasteiger partial charge in [0.1, 0.15) is 0 Å². The summed E-state index contributed by atoms with van der Waals surface area (Å²) >= 11 is 0. The van der Waals surface area contributed by atoms with E-state index in [2.05, 4.69) is 12.2 Å². The zero-order valence-electron chi connectivity index (χ0n) is 9.26. The van der Waals surface area contributed by atoms with E-state index >= 15 is 0 Å². The molecule has 0 aromatic rings. The van der Waals surface area contributed by atoms with Crippen LogP contribution in [0.4, 0.5) is 0 Å². The summed E-state index contributed by atoms with van der Waals surface area (Å²) in [6, 6.07) is 0. The molecular formula is C10H23NO2. The monoisotopic (exact) mass is 189 g/mol. The molecule has 0 aliphatic carbocycles. The molecular weight excluding hydrogens is 166 g/mol. The lowest BCUT2D eigenvalue weighted by molar-refractivity contribution is -0.0519. The summed E-state index contributed by atoms with van der Waals surface area (Å²) in [5.74, 6) is 0. The molecule has 0 aliphatic heterocycles. The molecule has 0 bridgehead atoms. The van der Waals surface area contributed by atoms with Crippen molar-refractivity contribution < 1.29 is 9.84 Å². The Bertz CT molecular complexity index is 124. The summed E-state index contributed by atoms with van der Waals surface area (Å²) in [5.41, 5.74) is -0.751. The van der Waals surface area contributed by atoms with E-state index in [0.717, 1.165) is 13.0 Å². The molecule has 0 aromatic carbocycles. The fraction of sp³-hybridized carbons (Fsp3) is 1.00. The molecule has 0 aliphatic rings. The number of hydrogen-bond acceptors (Lipinski definition) is 3. The Kier molecular flexibility index (Phi) is 6.29. The molecule has 0 amide bonds. The van der Waals surface area contributed by atoms with Crippen LogP contribution in [0.5, 0.6) is 0 Å². The molecule has 0 spiro atoms. The van der Waals surface area contributed by atoms with Crippen molar-refractivity contribution in [2.45, 2.75) is 45.8 Å². The van der Waals surface area contributed by atoms with Crippen LogP contribution in [0.2, 0.25) is 0 Å². The van der Waals surface area contributed by atoms with Crippen molar-refractivity contribution in [1.82, 2.24) is 5.32 Å². The lowest BCUT2D eigenvalue weighted by Crippen LogP contribution is -2.42. The number of hydrogen-bond donors (Lipinski definition) is 2. The third-order valence-electron chi connectivity index (χ3n) is 1.66. The van der Waals surface area contributed by atoms with Gasteiger partial charge in [-0.2, -0.15) is 0 Å². The van der Waals surface area contributed by atoms with E-state index in [9.17, 15) is 5.11 Å². The lowest BCUT2D eigenvalue weighted by atomic mass is 10.1. The van der Waals surface area contributed by atoms with Gasteiger partial charge in [-0.3, -0.25) is 0 Å². The van der Waals surface area contributed by atoms with Crippen LogP contribution in [-0.4, -0.2) is 36.5 Å². The van der Waals surface area contributed by atoms with E-state index in [0.29, 0.717) is 13.2 Å². The highest BCUT2D eigenvalue weighted by Crippen LogP contribution is 2.04. The second-order valence-corrected chi connectivity index (χ2v) is 4.03. The minimum absolute atomic E-state index is 0.178. The highest BCUT2D eigenvalue weighted by Gasteiger charge is 2.20. The molecule has 0 radical (unpaired) electrons. The Morgan fingerprint density at radius 1 is 1.46 bits per heavy atom. The molecule has 0 saturated carbocycles. The van der Waals surface area contributed by atoms with Crippen molar-refractivity contribution >= 4 is 0 Å². The van der Waals surface area contributed by atoms with Crippen LogP contribution in [-0.2, 0) is 4.74 Å². The number of aliphatic hydroxyl groups is 1. The first-order valence-corrected chi connectivity index (χ1v) is 5.02. The van der Waals surface area contributed by atoms with Gasteiger partial charge >= 0.3 is 0 Å². The van der Waals surface area contributed by atoms with Crippen molar-refractivity contribution in [2.75, 3.05) is 19.7 Å². The summed E-state index contributed by atoms with van der Waals surface area (Å²) < 4.78 is 5.35. The smallest absolute Gasteiger partial charge is 0.0975 e. The lowest BCUT2D eigenvalue weighted by Gasteiger charge is -2.24. The third kappa shape index (κ3) is 8.22. The van der Waals surface area contributed by atoms with Crippen molar-refractivity contribution in [2.24, 2.45) is 0 Å². The molecule has 0 aromatic heterocycles. The minimum atomic E-state index is -0.751. The maximum Gasteiger partial charge on any atom is 0.0975 e. The van der Waals surface area contributed by atoms with Gasteiger partial charge in [-0.15, -0.1) is 0 Å². The van der Waals surface area contributed by atoms with Gasteiger partial charge in [-0.1, -0.05) is 6.92 Å². The summed E-state index contributed by atoms with van der Waals surface area (Å²) in [7, 11) is 0. The van der Waals surface area contributed by atoms with E-state index in [-0.39, 0.29) is 6.10 Å². The fourth-order valence-corrected chi connectivity index (χ4v) is 0.932. The van der Waals surface area contributed by atoms with Gasteiger partial charge in [0.25, 0.3) is 0 Å². The fourth-order valence-electron chi connectivity index (χ4n) is 0.932. The zero-order chi connectivity index (χ0) is 10.3. The van der Waals surface area contributed by atoms with Crippen LogP contribution >= 0.6 is 0 Å². The van der Waals surface area contributed by atoms with Crippen LogP contribution in [0.3, 0.4) is 0 Å². The van der Waals surface area contributed by atoms with Crippen LogP contribution < -0.4 is 5.32 Å². The maximum absolute atomic E-state index is 9.80. The molecule has 1 unspecified atom stereocenters. The van der Waals surface area contributed by atoms with Gasteiger partial charge in [0.2, 0.25) is 0 Å². The first kappa shape index (κ1) is 12.9. The standard InChI is InChI=1S/C10H23NO2/c1-5-6-11-7-10(4,12)8-13-9(2)3/h9,11-12H,5-8H2,1-4H3. The number of ether oxygens (including phenoxy) is 1. The third-order valence-corrected chi connectivity index (χ3v) is 1.66. The molecule has 80 valence electrons. The predicted octanol–water partition coefficient (Wildman–Crippen LogP) is 1.16. The number of nitrogens with one attached hydrogen (secondary N) is 1. The van der Waals surface area contributed by atoms with Crippen molar-refractivity contribution in [3.05, 3.63) is 0 Å². The van der Waals surface area contributed by atoms with E-state index in [1.807, 2.05) is 13.8 Å². The quantitative estimate of drug-likeness (QED) is 0.591.